The molecule has 1 atom stereocenters. The zero-order chi connectivity index (χ0) is 11.2. The molecule has 1 saturated heterocycles. The number of hydrogen-bond donors (Lipinski definition) is 0. The van der Waals surface area contributed by atoms with E-state index in [1.807, 2.05) is 0 Å². The molecule has 0 radical (unpaired) electrons. The van der Waals surface area contributed by atoms with E-state index in [9.17, 15) is 4.79 Å². The summed E-state index contributed by atoms with van der Waals surface area (Å²) < 4.78 is 10.9. The van der Waals surface area contributed by atoms with Gasteiger partial charge in [0.15, 0.2) is 0 Å². The molecule has 0 N–H and O–H groups in total. The lowest BCUT2D eigenvalue weighted by molar-refractivity contribution is -0.155. The van der Waals surface area contributed by atoms with Gasteiger partial charge >= 0.3 is 5.97 Å². The van der Waals surface area contributed by atoms with Gasteiger partial charge in [0.05, 0.1) is 12.0 Å². The third-order valence-electron chi connectivity index (χ3n) is 3.62. The molecule has 2 aliphatic rings. The summed E-state index contributed by atoms with van der Waals surface area (Å²) in [6.45, 7) is 1.29. The normalized spacial score (nSPS) is 27.6. The van der Waals surface area contributed by atoms with Crippen molar-refractivity contribution in [3.8, 4) is 0 Å². The Hall–Kier alpha value is -0.570. The van der Waals surface area contributed by atoms with Gasteiger partial charge in [-0.1, -0.05) is 19.3 Å². The van der Waals surface area contributed by atoms with Crippen LogP contribution in [0.15, 0.2) is 0 Å². The minimum absolute atomic E-state index is 0.00822. The second-order valence-corrected chi connectivity index (χ2v) is 4.95. The van der Waals surface area contributed by atoms with Crippen molar-refractivity contribution in [1.82, 2.24) is 0 Å². The number of carbonyl (C=O) groups excluding carboxylic acids is 1. The van der Waals surface area contributed by atoms with Gasteiger partial charge in [-0.15, -0.1) is 0 Å². The van der Waals surface area contributed by atoms with Crippen molar-refractivity contribution in [2.75, 3.05) is 13.2 Å². The highest BCUT2D eigenvalue weighted by atomic mass is 16.6. The first kappa shape index (κ1) is 11.9. The predicted octanol–water partition coefficient (Wildman–Crippen LogP) is 2.68. The van der Waals surface area contributed by atoms with Crippen LogP contribution < -0.4 is 0 Å². The summed E-state index contributed by atoms with van der Waals surface area (Å²) in [5.74, 6) is 0.172. The van der Waals surface area contributed by atoms with Crippen molar-refractivity contribution in [3.63, 3.8) is 0 Å². The molecule has 0 aromatic rings. The largest absolute Gasteiger partial charge is 0.463 e. The van der Waals surface area contributed by atoms with Crippen LogP contribution in [0.4, 0.5) is 0 Å². The Bertz CT molecular complexity index is 215. The molecule has 2 rings (SSSR count). The maximum atomic E-state index is 11.8. The number of ether oxygens (including phenoxy) is 2. The van der Waals surface area contributed by atoms with E-state index >= 15 is 0 Å². The average Bonchev–Trinajstić information content (AvgIpc) is 2.38. The second kappa shape index (κ2) is 6.24. The van der Waals surface area contributed by atoms with E-state index < -0.39 is 0 Å². The second-order valence-electron chi connectivity index (χ2n) is 4.95. The summed E-state index contributed by atoms with van der Waals surface area (Å²) in [6.07, 6.45) is 9.21. The topological polar surface area (TPSA) is 35.5 Å². The van der Waals surface area contributed by atoms with Gasteiger partial charge < -0.3 is 9.47 Å². The van der Waals surface area contributed by atoms with Crippen molar-refractivity contribution in [3.05, 3.63) is 0 Å². The van der Waals surface area contributed by atoms with Crippen molar-refractivity contribution in [1.29, 1.82) is 0 Å². The van der Waals surface area contributed by atoms with E-state index in [0.29, 0.717) is 6.61 Å². The van der Waals surface area contributed by atoms with Crippen LogP contribution in [0.1, 0.15) is 51.4 Å². The quantitative estimate of drug-likeness (QED) is 0.694. The number of carbonyl (C=O) groups is 1. The molecule has 1 aliphatic carbocycles. The molecule has 1 heterocycles. The summed E-state index contributed by atoms with van der Waals surface area (Å²) >= 11 is 0. The predicted molar refractivity (Wildman–Crippen MR) is 61.1 cm³/mol. The van der Waals surface area contributed by atoms with Crippen molar-refractivity contribution < 1.29 is 14.3 Å². The molecule has 0 aromatic heterocycles. The molecule has 1 unspecified atom stereocenters. The molecule has 3 nitrogen and oxygen atoms in total. The Labute approximate surface area is 97.5 Å². The molecular weight excluding hydrogens is 204 g/mol. The van der Waals surface area contributed by atoms with Crippen molar-refractivity contribution in [2.24, 2.45) is 5.92 Å². The zero-order valence-electron chi connectivity index (χ0n) is 9.95. The van der Waals surface area contributed by atoms with Gasteiger partial charge in [0.25, 0.3) is 0 Å². The minimum atomic E-state index is 0.00822. The van der Waals surface area contributed by atoms with Crippen LogP contribution in [0.3, 0.4) is 0 Å². The third kappa shape index (κ3) is 3.48. The van der Waals surface area contributed by atoms with Gasteiger partial charge in [-0.05, 0) is 32.1 Å². The fourth-order valence-corrected chi connectivity index (χ4v) is 2.57. The van der Waals surface area contributed by atoms with Gasteiger partial charge in [-0.2, -0.15) is 0 Å². The summed E-state index contributed by atoms with van der Waals surface area (Å²) in [4.78, 5) is 11.8. The molecule has 0 amide bonds. The smallest absolute Gasteiger partial charge is 0.309 e. The van der Waals surface area contributed by atoms with Crippen LogP contribution in [0.2, 0.25) is 0 Å². The number of hydrogen-bond acceptors (Lipinski definition) is 3. The Kier molecular flexibility index (Phi) is 4.64. The standard InChI is InChI=1S/C13H22O3/c14-13(11-6-2-1-3-7-11)16-10-12-8-4-5-9-15-12/h11-12H,1-10H2. The molecule has 0 spiro atoms. The lowest BCUT2D eigenvalue weighted by Gasteiger charge is -2.24. The van der Waals surface area contributed by atoms with Crippen LogP contribution in [0.5, 0.6) is 0 Å². The summed E-state index contributed by atoms with van der Waals surface area (Å²) in [7, 11) is 0. The van der Waals surface area contributed by atoms with Crippen LogP contribution in [0.25, 0.3) is 0 Å². The highest BCUT2D eigenvalue weighted by Crippen LogP contribution is 2.25. The molecular formula is C13H22O3. The molecule has 92 valence electrons. The fraction of sp³-hybridized carbons (Fsp3) is 0.923. The summed E-state index contributed by atoms with van der Waals surface area (Å²) in [6, 6.07) is 0. The fourth-order valence-electron chi connectivity index (χ4n) is 2.57. The van der Waals surface area contributed by atoms with E-state index in [2.05, 4.69) is 0 Å². The lowest BCUT2D eigenvalue weighted by Crippen LogP contribution is -2.28. The Morgan fingerprint density at radius 2 is 1.81 bits per heavy atom. The van der Waals surface area contributed by atoms with E-state index in [0.717, 1.165) is 32.3 Å². The maximum absolute atomic E-state index is 11.8. The molecule has 0 bridgehead atoms. The first-order valence-corrected chi connectivity index (χ1v) is 6.64. The van der Waals surface area contributed by atoms with E-state index in [-0.39, 0.29) is 18.0 Å². The third-order valence-corrected chi connectivity index (χ3v) is 3.62. The molecule has 2 fully saturated rings. The molecule has 1 saturated carbocycles. The maximum Gasteiger partial charge on any atom is 0.309 e. The molecule has 16 heavy (non-hydrogen) atoms. The van der Waals surface area contributed by atoms with Gasteiger partial charge in [0.1, 0.15) is 6.61 Å². The lowest BCUT2D eigenvalue weighted by atomic mass is 9.89. The first-order chi connectivity index (χ1) is 7.86. The number of rotatable bonds is 3. The van der Waals surface area contributed by atoms with E-state index in [4.69, 9.17) is 9.47 Å². The number of esters is 1. The minimum Gasteiger partial charge on any atom is -0.463 e. The Morgan fingerprint density at radius 1 is 1.06 bits per heavy atom. The van der Waals surface area contributed by atoms with Gasteiger partial charge in [-0.3, -0.25) is 4.79 Å². The monoisotopic (exact) mass is 226 g/mol. The molecule has 1 aliphatic heterocycles. The van der Waals surface area contributed by atoms with Crippen molar-refractivity contribution >= 4 is 5.97 Å². The Balaban J connectivity index is 1.65. The summed E-state index contributed by atoms with van der Waals surface area (Å²) in [5, 5.41) is 0. The van der Waals surface area contributed by atoms with Crippen LogP contribution >= 0.6 is 0 Å². The van der Waals surface area contributed by atoms with E-state index in [1.165, 1.54) is 25.7 Å². The Morgan fingerprint density at radius 3 is 2.50 bits per heavy atom. The first-order valence-electron chi connectivity index (χ1n) is 6.64. The van der Waals surface area contributed by atoms with Crippen molar-refractivity contribution in [2.45, 2.75) is 57.5 Å². The van der Waals surface area contributed by atoms with Crippen LogP contribution in [-0.2, 0) is 14.3 Å². The average molecular weight is 226 g/mol. The molecule has 3 heteroatoms. The SMILES string of the molecule is O=C(OCC1CCCCO1)C1CCCCC1. The van der Waals surface area contributed by atoms with Crippen LogP contribution in [-0.4, -0.2) is 25.3 Å². The van der Waals surface area contributed by atoms with E-state index in [1.54, 1.807) is 0 Å². The zero-order valence-corrected chi connectivity index (χ0v) is 9.95. The van der Waals surface area contributed by atoms with Crippen LogP contribution in [0, 0.1) is 5.92 Å². The summed E-state index contributed by atoms with van der Waals surface area (Å²) in [5.41, 5.74) is 0. The van der Waals surface area contributed by atoms with Gasteiger partial charge in [0.2, 0.25) is 0 Å². The molecule has 0 aromatic carbocycles. The van der Waals surface area contributed by atoms with Gasteiger partial charge in [0, 0.05) is 6.61 Å². The highest BCUT2D eigenvalue weighted by Gasteiger charge is 2.24. The highest BCUT2D eigenvalue weighted by molar-refractivity contribution is 5.72. The van der Waals surface area contributed by atoms with Gasteiger partial charge in [-0.25, -0.2) is 0 Å².